The van der Waals surface area contributed by atoms with Crippen molar-refractivity contribution in [1.82, 2.24) is 10.6 Å². The zero-order chi connectivity index (χ0) is 21.8. The topological polar surface area (TPSA) is 114 Å². The third kappa shape index (κ3) is 4.69. The lowest BCUT2D eigenvalue weighted by atomic mass is 9.98. The molecule has 0 bridgehead atoms. The van der Waals surface area contributed by atoms with Crippen LogP contribution in [0.2, 0.25) is 0 Å². The molecule has 8 nitrogen and oxygen atoms in total. The average Bonchev–Trinajstić information content (AvgIpc) is 3.38. The number of carboxylic acids is 1. The molecule has 0 radical (unpaired) electrons. The summed E-state index contributed by atoms with van der Waals surface area (Å²) in [6, 6.07) is 16.2. The van der Waals surface area contributed by atoms with Crippen molar-refractivity contribution < 1.29 is 29.0 Å². The van der Waals surface area contributed by atoms with Gasteiger partial charge < -0.3 is 25.2 Å². The molecule has 2 atom stereocenters. The van der Waals surface area contributed by atoms with Crippen molar-refractivity contribution in [3.05, 3.63) is 59.7 Å². The van der Waals surface area contributed by atoms with Crippen molar-refractivity contribution in [3.63, 3.8) is 0 Å². The van der Waals surface area contributed by atoms with Gasteiger partial charge in [0.05, 0.1) is 18.6 Å². The van der Waals surface area contributed by atoms with Crippen LogP contribution < -0.4 is 10.6 Å². The summed E-state index contributed by atoms with van der Waals surface area (Å²) < 4.78 is 11.0. The maximum Gasteiger partial charge on any atom is 0.407 e. The fraction of sp³-hybridized carbons (Fsp3) is 0.348. The van der Waals surface area contributed by atoms with E-state index >= 15 is 0 Å². The lowest BCUT2D eigenvalue weighted by Gasteiger charge is -2.15. The van der Waals surface area contributed by atoms with Crippen molar-refractivity contribution >= 4 is 18.0 Å². The van der Waals surface area contributed by atoms with Gasteiger partial charge in [0.15, 0.2) is 0 Å². The number of carbonyl (C=O) groups is 3. The number of ether oxygens (including phenoxy) is 2. The maximum atomic E-state index is 12.2. The number of hydrogen-bond donors (Lipinski definition) is 3. The van der Waals surface area contributed by atoms with Gasteiger partial charge in [-0.3, -0.25) is 9.59 Å². The standard InChI is InChI=1S/C23H24N2O6/c26-21(27)11-24-22(28)14-9-15(30-12-14)10-25-23(29)31-13-20-18-7-3-1-5-16(18)17-6-2-4-8-19(17)20/h1-8,14-15,20H,9-13H2,(H,24,28)(H,25,29)(H,26,27)/t14-,15-/m0/s1. The normalized spacial score (nSPS) is 19.4. The molecule has 0 spiro atoms. The van der Waals surface area contributed by atoms with Crippen molar-refractivity contribution in [3.8, 4) is 11.1 Å². The van der Waals surface area contributed by atoms with E-state index in [-0.39, 0.29) is 37.7 Å². The van der Waals surface area contributed by atoms with Gasteiger partial charge in [-0.15, -0.1) is 0 Å². The highest BCUT2D eigenvalue weighted by molar-refractivity contribution is 5.83. The molecule has 1 heterocycles. The lowest BCUT2D eigenvalue weighted by Crippen LogP contribution is -2.35. The first-order chi connectivity index (χ1) is 15.0. The highest BCUT2D eigenvalue weighted by Gasteiger charge is 2.32. The predicted octanol–water partition coefficient (Wildman–Crippen LogP) is 2.13. The minimum Gasteiger partial charge on any atom is -0.480 e. The second-order valence-corrected chi connectivity index (χ2v) is 7.71. The van der Waals surface area contributed by atoms with Crippen LogP contribution in [0.5, 0.6) is 0 Å². The molecule has 3 N–H and O–H groups in total. The van der Waals surface area contributed by atoms with E-state index in [1.54, 1.807) is 0 Å². The summed E-state index contributed by atoms with van der Waals surface area (Å²) in [5.41, 5.74) is 4.62. The SMILES string of the molecule is O=C(O)CNC(=O)[C@@H]1CO[C@H](CNC(=O)OCC2c3ccccc3-c3ccccc32)C1. The molecule has 1 aliphatic heterocycles. The fourth-order valence-electron chi connectivity index (χ4n) is 4.18. The number of nitrogens with one attached hydrogen (secondary N) is 2. The summed E-state index contributed by atoms with van der Waals surface area (Å²) in [5, 5.41) is 13.7. The number of benzene rings is 2. The molecule has 0 aromatic heterocycles. The highest BCUT2D eigenvalue weighted by Crippen LogP contribution is 2.44. The predicted molar refractivity (Wildman–Crippen MR) is 112 cm³/mol. The largest absolute Gasteiger partial charge is 0.480 e. The smallest absolute Gasteiger partial charge is 0.407 e. The molecule has 31 heavy (non-hydrogen) atoms. The second kappa shape index (κ2) is 9.18. The van der Waals surface area contributed by atoms with Gasteiger partial charge in [-0.05, 0) is 28.7 Å². The number of rotatable bonds is 7. The molecule has 2 amide bonds. The van der Waals surface area contributed by atoms with E-state index < -0.39 is 24.5 Å². The molecular weight excluding hydrogens is 400 g/mol. The number of carboxylic acid groups (broad SMARTS) is 1. The Morgan fingerprint density at radius 1 is 1.00 bits per heavy atom. The molecule has 4 rings (SSSR count). The Balaban J connectivity index is 1.25. The third-order valence-corrected chi connectivity index (χ3v) is 5.68. The minimum atomic E-state index is -1.10. The molecule has 1 fully saturated rings. The molecule has 162 valence electrons. The van der Waals surface area contributed by atoms with Gasteiger partial charge in [-0.25, -0.2) is 4.79 Å². The molecule has 0 saturated carbocycles. The Bertz CT molecular complexity index is 946. The van der Waals surface area contributed by atoms with E-state index in [1.807, 2.05) is 24.3 Å². The molecule has 1 saturated heterocycles. The van der Waals surface area contributed by atoms with Crippen LogP contribution in [-0.2, 0) is 19.1 Å². The van der Waals surface area contributed by atoms with Gasteiger partial charge in [-0.1, -0.05) is 48.5 Å². The first kappa shape index (κ1) is 20.9. The van der Waals surface area contributed by atoms with E-state index in [4.69, 9.17) is 14.6 Å². The summed E-state index contributed by atoms with van der Waals surface area (Å²) >= 11 is 0. The summed E-state index contributed by atoms with van der Waals surface area (Å²) in [6.45, 7) is 0.228. The molecule has 2 aromatic carbocycles. The van der Waals surface area contributed by atoms with E-state index in [0.29, 0.717) is 6.42 Å². The Hall–Kier alpha value is -3.39. The number of aliphatic carboxylic acids is 1. The first-order valence-electron chi connectivity index (χ1n) is 10.2. The van der Waals surface area contributed by atoms with Crippen LogP contribution in [-0.4, -0.2) is 55.5 Å². The van der Waals surface area contributed by atoms with E-state index in [2.05, 4.69) is 34.9 Å². The average molecular weight is 424 g/mol. The molecular formula is C23H24N2O6. The van der Waals surface area contributed by atoms with Crippen LogP contribution in [0, 0.1) is 5.92 Å². The second-order valence-electron chi connectivity index (χ2n) is 7.71. The van der Waals surface area contributed by atoms with Crippen molar-refractivity contribution in [1.29, 1.82) is 0 Å². The van der Waals surface area contributed by atoms with Crippen LogP contribution in [0.15, 0.2) is 48.5 Å². The summed E-state index contributed by atoms with van der Waals surface area (Å²) in [5.74, 6) is -1.89. The minimum absolute atomic E-state index is 0.0109. The van der Waals surface area contributed by atoms with E-state index in [1.165, 1.54) is 11.1 Å². The molecule has 2 aromatic rings. The quantitative estimate of drug-likeness (QED) is 0.628. The van der Waals surface area contributed by atoms with Gasteiger partial charge in [-0.2, -0.15) is 0 Å². The van der Waals surface area contributed by atoms with Gasteiger partial charge in [0.1, 0.15) is 13.2 Å². The first-order valence-corrected chi connectivity index (χ1v) is 10.2. The Morgan fingerprint density at radius 2 is 1.65 bits per heavy atom. The molecule has 0 unspecified atom stereocenters. The van der Waals surface area contributed by atoms with Crippen molar-refractivity contribution in [2.24, 2.45) is 5.92 Å². The third-order valence-electron chi connectivity index (χ3n) is 5.68. The Morgan fingerprint density at radius 3 is 2.29 bits per heavy atom. The number of fused-ring (bicyclic) bond motifs is 3. The van der Waals surface area contributed by atoms with Crippen LogP contribution in [0.4, 0.5) is 4.79 Å². The highest BCUT2D eigenvalue weighted by atomic mass is 16.5. The number of alkyl carbamates (subject to hydrolysis) is 1. The van der Waals surface area contributed by atoms with Crippen molar-refractivity contribution in [2.45, 2.75) is 18.4 Å². The van der Waals surface area contributed by atoms with Crippen LogP contribution >= 0.6 is 0 Å². The monoisotopic (exact) mass is 424 g/mol. The maximum absolute atomic E-state index is 12.2. The van der Waals surface area contributed by atoms with E-state index in [9.17, 15) is 14.4 Å². The lowest BCUT2D eigenvalue weighted by molar-refractivity contribution is -0.138. The fourth-order valence-corrected chi connectivity index (χ4v) is 4.18. The van der Waals surface area contributed by atoms with Crippen molar-refractivity contribution in [2.75, 3.05) is 26.3 Å². The summed E-state index contributed by atoms with van der Waals surface area (Å²) in [7, 11) is 0. The number of carbonyl (C=O) groups excluding carboxylic acids is 2. The summed E-state index contributed by atoms with van der Waals surface area (Å²) in [6.07, 6.45) is -0.444. The van der Waals surface area contributed by atoms with E-state index in [0.717, 1.165) is 11.1 Å². The zero-order valence-electron chi connectivity index (χ0n) is 16.9. The van der Waals surface area contributed by atoms with Gasteiger partial charge in [0.2, 0.25) is 5.91 Å². The van der Waals surface area contributed by atoms with Crippen LogP contribution in [0.1, 0.15) is 23.5 Å². The van der Waals surface area contributed by atoms with Gasteiger partial charge in [0, 0.05) is 12.5 Å². The van der Waals surface area contributed by atoms with Gasteiger partial charge >= 0.3 is 12.1 Å². The zero-order valence-corrected chi connectivity index (χ0v) is 16.9. The number of hydrogen-bond acceptors (Lipinski definition) is 5. The van der Waals surface area contributed by atoms with Crippen LogP contribution in [0.3, 0.4) is 0 Å². The molecule has 1 aliphatic carbocycles. The molecule has 2 aliphatic rings. The summed E-state index contributed by atoms with van der Waals surface area (Å²) in [4.78, 5) is 34.7. The Labute approximate surface area is 179 Å². The molecule has 8 heteroatoms. The van der Waals surface area contributed by atoms with Gasteiger partial charge in [0.25, 0.3) is 0 Å². The van der Waals surface area contributed by atoms with Crippen LogP contribution in [0.25, 0.3) is 11.1 Å². The Kier molecular flexibility index (Phi) is 6.18. The number of amides is 2.